The maximum absolute atomic E-state index is 11.4. The summed E-state index contributed by atoms with van der Waals surface area (Å²) in [5.74, 6) is -0.216. The van der Waals surface area contributed by atoms with E-state index in [1.807, 2.05) is 31.6 Å². The summed E-state index contributed by atoms with van der Waals surface area (Å²) in [5, 5.41) is 3.14. The van der Waals surface area contributed by atoms with Gasteiger partial charge in [-0.05, 0) is 25.1 Å². The van der Waals surface area contributed by atoms with Crippen molar-refractivity contribution < 1.29 is 9.53 Å². The Kier molecular flexibility index (Phi) is 4.87. The predicted molar refractivity (Wildman–Crippen MR) is 80.7 cm³/mol. The number of rotatable bonds is 5. The highest BCUT2D eigenvalue weighted by molar-refractivity contribution is 7.13. The Morgan fingerprint density at radius 1 is 1.40 bits per heavy atom. The van der Waals surface area contributed by atoms with Crippen molar-refractivity contribution in [3.05, 3.63) is 41.0 Å². The zero-order valence-electron chi connectivity index (χ0n) is 11.8. The highest BCUT2D eigenvalue weighted by Gasteiger charge is 2.15. The first-order chi connectivity index (χ1) is 9.65. The van der Waals surface area contributed by atoms with Gasteiger partial charge in [-0.1, -0.05) is 24.3 Å². The van der Waals surface area contributed by atoms with Crippen molar-refractivity contribution in [1.82, 2.24) is 10.3 Å². The molecule has 4 nitrogen and oxygen atoms in total. The van der Waals surface area contributed by atoms with Gasteiger partial charge in [0.25, 0.3) is 0 Å². The van der Waals surface area contributed by atoms with Crippen LogP contribution in [0.25, 0.3) is 10.4 Å². The molecule has 20 heavy (non-hydrogen) atoms. The molecule has 0 saturated carbocycles. The van der Waals surface area contributed by atoms with Gasteiger partial charge in [0, 0.05) is 6.04 Å². The van der Waals surface area contributed by atoms with Crippen LogP contribution in [0, 0.1) is 6.92 Å². The SMILES string of the molecule is CNC(CC(=O)OC)c1ccc(-c2scnc2C)cc1. The van der Waals surface area contributed by atoms with Crippen molar-refractivity contribution in [3.63, 3.8) is 0 Å². The molecule has 1 unspecified atom stereocenters. The first-order valence-electron chi connectivity index (χ1n) is 6.40. The second kappa shape index (κ2) is 6.63. The van der Waals surface area contributed by atoms with Gasteiger partial charge in [-0.2, -0.15) is 0 Å². The number of nitrogens with zero attached hydrogens (tertiary/aromatic N) is 1. The summed E-state index contributed by atoms with van der Waals surface area (Å²) >= 11 is 1.64. The minimum Gasteiger partial charge on any atom is -0.469 e. The molecule has 1 aromatic heterocycles. The number of thiazole rings is 1. The van der Waals surface area contributed by atoms with Crippen LogP contribution >= 0.6 is 11.3 Å². The minimum absolute atomic E-state index is 0.0287. The topological polar surface area (TPSA) is 51.2 Å². The lowest BCUT2D eigenvalue weighted by Crippen LogP contribution is -2.20. The normalized spacial score (nSPS) is 12.2. The zero-order chi connectivity index (χ0) is 14.5. The molecule has 2 aromatic rings. The molecular formula is C15H18N2O2S. The van der Waals surface area contributed by atoms with Crippen molar-refractivity contribution >= 4 is 17.3 Å². The van der Waals surface area contributed by atoms with Gasteiger partial charge < -0.3 is 10.1 Å². The van der Waals surface area contributed by atoms with E-state index in [9.17, 15) is 4.79 Å². The standard InChI is InChI=1S/C15H18N2O2S/c1-10-15(20-9-17-10)12-6-4-11(5-7-12)13(16-2)8-14(18)19-3/h4-7,9,13,16H,8H2,1-3H3. The van der Waals surface area contributed by atoms with E-state index in [-0.39, 0.29) is 12.0 Å². The van der Waals surface area contributed by atoms with Crippen molar-refractivity contribution in [2.24, 2.45) is 0 Å². The number of hydrogen-bond acceptors (Lipinski definition) is 5. The number of carbonyl (C=O) groups is 1. The Bertz CT molecular complexity index is 578. The highest BCUT2D eigenvalue weighted by Crippen LogP contribution is 2.28. The molecule has 0 saturated heterocycles. The Morgan fingerprint density at radius 3 is 2.60 bits per heavy atom. The fourth-order valence-corrected chi connectivity index (χ4v) is 2.89. The van der Waals surface area contributed by atoms with Gasteiger partial charge in [-0.25, -0.2) is 4.98 Å². The van der Waals surface area contributed by atoms with Gasteiger partial charge >= 0.3 is 5.97 Å². The first kappa shape index (κ1) is 14.7. The molecule has 106 valence electrons. The molecule has 0 aliphatic rings. The second-order valence-electron chi connectivity index (χ2n) is 4.51. The number of carbonyl (C=O) groups excluding carboxylic acids is 1. The van der Waals surface area contributed by atoms with E-state index in [1.54, 1.807) is 11.3 Å². The van der Waals surface area contributed by atoms with Gasteiger partial charge in [0.15, 0.2) is 0 Å². The number of aryl methyl sites for hydroxylation is 1. The minimum atomic E-state index is -0.216. The highest BCUT2D eigenvalue weighted by atomic mass is 32.1. The molecular weight excluding hydrogens is 272 g/mol. The van der Waals surface area contributed by atoms with Crippen LogP contribution in [0.4, 0.5) is 0 Å². The fraction of sp³-hybridized carbons (Fsp3) is 0.333. The van der Waals surface area contributed by atoms with Crippen LogP contribution in [-0.4, -0.2) is 25.1 Å². The van der Waals surface area contributed by atoms with Crippen LogP contribution in [0.3, 0.4) is 0 Å². The summed E-state index contributed by atoms with van der Waals surface area (Å²) in [6.07, 6.45) is 0.325. The summed E-state index contributed by atoms with van der Waals surface area (Å²) < 4.78 is 4.72. The van der Waals surface area contributed by atoms with E-state index in [4.69, 9.17) is 4.74 Å². The number of esters is 1. The first-order valence-corrected chi connectivity index (χ1v) is 7.28. The molecule has 5 heteroatoms. The summed E-state index contributed by atoms with van der Waals surface area (Å²) in [6, 6.07) is 8.19. The molecule has 0 radical (unpaired) electrons. The van der Waals surface area contributed by atoms with E-state index >= 15 is 0 Å². The summed E-state index contributed by atoms with van der Waals surface area (Å²) in [6.45, 7) is 2.01. The van der Waals surface area contributed by atoms with Crippen LogP contribution in [0.1, 0.15) is 23.7 Å². The van der Waals surface area contributed by atoms with Gasteiger partial charge in [0.2, 0.25) is 0 Å². The fourth-order valence-electron chi connectivity index (χ4n) is 2.08. The predicted octanol–water partition coefficient (Wildman–Crippen LogP) is 2.94. The Hall–Kier alpha value is -1.72. The van der Waals surface area contributed by atoms with E-state index in [2.05, 4.69) is 22.4 Å². The third-order valence-electron chi connectivity index (χ3n) is 3.27. The summed E-state index contributed by atoms with van der Waals surface area (Å²) in [7, 11) is 3.25. The molecule has 1 aromatic carbocycles. The molecule has 0 bridgehead atoms. The van der Waals surface area contributed by atoms with Crippen LogP contribution in [0.2, 0.25) is 0 Å². The lowest BCUT2D eigenvalue weighted by Gasteiger charge is -2.15. The average molecular weight is 290 g/mol. The van der Waals surface area contributed by atoms with Gasteiger partial charge in [0.05, 0.1) is 29.6 Å². The van der Waals surface area contributed by atoms with Crippen molar-refractivity contribution in [1.29, 1.82) is 0 Å². The number of hydrogen-bond donors (Lipinski definition) is 1. The number of nitrogens with one attached hydrogen (secondary N) is 1. The van der Waals surface area contributed by atoms with Crippen LogP contribution < -0.4 is 5.32 Å². The molecule has 1 atom stereocenters. The van der Waals surface area contributed by atoms with E-state index in [0.29, 0.717) is 6.42 Å². The molecule has 0 aliphatic carbocycles. The summed E-state index contributed by atoms with van der Waals surface area (Å²) in [5.41, 5.74) is 5.12. The van der Waals surface area contributed by atoms with Crippen molar-refractivity contribution in [3.8, 4) is 10.4 Å². The second-order valence-corrected chi connectivity index (χ2v) is 5.37. The van der Waals surface area contributed by atoms with Gasteiger partial charge in [-0.15, -0.1) is 11.3 Å². The monoisotopic (exact) mass is 290 g/mol. The molecule has 0 spiro atoms. The maximum atomic E-state index is 11.4. The lowest BCUT2D eigenvalue weighted by atomic mass is 10.0. The van der Waals surface area contributed by atoms with E-state index in [1.165, 1.54) is 12.0 Å². The molecule has 1 N–H and O–H groups in total. The number of benzene rings is 1. The zero-order valence-corrected chi connectivity index (χ0v) is 12.7. The van der Waals surface area contributed by atoms with Gasteiger partial charge in [-0.3, -0.25) is 4.79 Å². The average Bonchev–Trinajstić information content (AvgIpc) is 2.91. The van der Waals surface area contributed by atoms with Crippen molar-refractivity contribution in [2.75, 3.05) is 14.2 Å². The molecule has 0 amide bonds. The maximum Gasteiger partial charge on any atom is 0.307 e. The lowest BCUT2D eigenvalue weighted by molar-refractivity contribution is -0.141. The smallest absolute Gasteiger partial charge is 0.307 e. The Morgan fingerprint density at radius 2 is 2.10 bits per heavy atom. The third kappa shape index (κ3) is 3.23. The van der Waals surface area contributed by atoms with Crippen molar-refractivity contribution in [2.45, 2.75) is 19.4 Å². The number of aromatic nitrogens is 1. The quantitative estimate of drug-likeness (QED) is 0.860. The summed E-state index contributed by atoms with van der Waals surface area (Å²) in [4.78, 5) is 16.8. The van der Waals surface area contributed by atoms with Crippen LogP contribution in [-0.2, 0) is 9.53 Å². The van der Waals surface area contributed by atoms with Gasteiger partial charge in [0.1, 0.15) is 0 Å². The molecule has 2 rings (SSSR count). The number of ether oxygens (including phenoxy) is 1. The molecule has 1 heterocycles. The van der Waals surface area contributed by atoms with E-state index < -0.39 is 0 Å². The number of methoxy groups -OCH3 is 1. The Labute approximate surface area is 122 Å². The Balaban J connectivity index is 2.18. The third-order valence-corrected chi connectivity index (χ3v) is 4.25. The molecule has 0 fully saturated rings. The van der Waals surface area contributed by atoms with E-state index in [0.717, 1.165) is 16.8 Å². The largest absolute Gasteiger partial charge is 0.469 e. The molecule has 0 aliphatic heterocycles. The van der Waals surface area contributed by atoms with Crippen LogP contribution in [0.15, 0.2) is 29.8 Å². The van der Waals surface area contributed by atoms with Crippen LogP contribution in [0.5, 0.6) is 0 Å².